The molecule has 6 nitrogen and oxygen atoms in total. The van der Waals surface area contributed by atoms with Crippen LogP contribution in [0.1, 0.15) is 27.6 Å². The summed E-state index contributed by atoms with van der Waals surface area (Å²) in [6.07, 6.45) is 0.786. The number of benzene rings is 1. The van der Waals surface area contributed by atoms with E-state index in [0.29, 0.717) is 11.1 Å². The van der Waals surface area contributed by atoms with Crippen molar-refractivity contribution in [1.82, 2.24) is 4.90 Å². The quantitative estimate of drug-likeness (QED) is 0.489. The predicted octanol–water partition coefficient (Wildman–Crippen LogP) is 1.92. The average molecular weight is 244 g/mol. The van der Waals surface area contributed by atoms with Crippen LogP contribution in [-0.4, -0.2) is 27.9 Å². The first-order chi connectivity index (χ1) is 8.57. The summed E-state index contributed by atoms with van der Waals surface area (Å²) in [5, 5.41) is 17.9. The van der Waals surface area contributed by atoms with Gasteiger partial charge in [-0.05, 0) is 19.1 Å². The van der Waals surface area contributed by atoms with Gasteiger partial charge in [0.25, 0.3) is 11.8 Å². The highest BCUT2D eigenvalue weighted by molar-refractivity contribution is 6.21. The number of carbonyl (C=O) groups excluding carboxylic acids is 2. The molecular formula is C12H10N3O3+. The van der Waals surface area contributed by atoms with Crippen LogP contribution in [0.2, 0.25) is 0 Å². The summed E-state index contributed by atoms with van der Waals surface area (Å²) < 4.78 is 0. The molecule has 1 aromatic carbocycles. The molecular weight excluding hydrogens is 234 g/mol. The van der Waals surface area contributed by atoms with E-state index in [1.165, 1.54) is 6.92 Å². The van der Waals surface area contributed by atoms with Crippen LogP contribution in [0.15, 0.2) is 36.2 Å². The zero-order valence-electron chi connectivity index (χ0n) is 9.57. The van der Waals surface area contributed by atoms with Gasteiger partial charge in [0.15, 0.2) is 4.98 Å². The Bertz CT molecular complexity index is 566. The van der Waals surface area contributed by atoms with Gasteiger partial charge in [-0.3, -0.25) is 14.5 Å². The number of aliphatic hydroxyl groups is 1. The van der Waals surface area contributed by atoms with Crippen molar-refractivity contribution in [2.45, 2.75) is 13.0 Å². The first kappa shape index (κ1) is 11.8. The van der Waals surface area contributed by atoms with Crippen molar-refractivity contribution >= 4 is 11.8 Å². The number of aliphatic hydroxyl groups excluding tert-OH is 1. The van der Waals surface area contributed by atoms with Crippen molar-refractivity contribution in [3.63, 3.8) is 0 Å². The first-order valence-electron chi connectivity index (χ1n) is 5.28. The molecule has 18 heavy (non-hydrogen) atoms. The van der Waals surface area contributed by atoms with Crippen LogP contribution in [0.4, 0.5) is 0 Å². The molecule has 0 saturated heterocycles. The van der Waals surface area contributed by atoms with Crippen molar-refractivity contribution in [1.29, 1.82) is 5.39 Å². The lowest BCUT2D eigenvalue weighted by atomic mass is 10.1. The molecule has 1 aliphatic rings. The molecule has 90 valence electrons. The minimum atomic E-state index is -0.881. The molecule has 0 radical (unpaired) electrons. The molecule has 1 aliphatic heterocycles. The summed E-state index contributed by atoms with van der Waals surface area (Å²) >= 11 is 0. The Morgan fingerprint density at radius 1 is 1.33 bits per heavy atom. The number of nitrogens with zero attached hydrogens (tertiary/aromatic N) is 3. The lowest BCUT2D eigenvalue weighted by Gasteiger charge is -2.19. The van der Waals surface area contributed by atoms with Gasteiger partial charge in [0.2, 0.25) is 11.2 Å². The van der Waals surface area contributed by atoms with Gasteiger partial charge in [-0.15, -0.1) is 0 Å². The van der Waals surface area contributed by atoms with E-state index in [1.807, 2.05) is 0 Å². The Labute approximate surface area is 103 Å². The number of diazo groups is 1. The van der Waals surface area contributed by atoms with E-state index in [9.17, 15) is 14.7 Å². The number of rotatable bonds is 2. The Morgan fingerprint density at radius 2 is 1.83 bits per heavy atom. The van der Waals surface area contributed by atoms with Crippen LogP contribution in [0.3, 0.4) is 0 Å². The monoisotopic (exact) mass is 244 g/mol. The second kappa shape index (κ2) is 4.30. The van der Waals surface area contributed by atoms with Crippen LogP contribution in [-0.2, 0) is 0 Å². The van der Waals surface area contributed by atoms with Crippen molar-refractivity contribution < 1.29 is 14.7 Å². The van der Waals surface area contributed by atoms with E-state index in [4.69, 9.17) is 5.39 Å². The van der Waals surface area contributed by atoms with E-state index in [2.05, 4.69) is 4.98 Å². The van der Waals surface area contributed by atoms with E-state index >= 15 is 0 Å². The molecule has 1 unspecified atom stereocenters. The molecule has 0 aliphatic carbocycles. The van der Waals surface area contributed by atoms with Crippen LogP contribution in [0, 0.1) is 5.39 Å². The Kier molecular flexibility index (Phi) is 2.81. The topological polar surface area (TPSA) is 85.8 Å². The molecule has 0 aromatic heterocycles. The summed E-state index contributed by atoms with van der Waals surface area (Å²) in [5.41, 5.74) is 0.617. The van der Waals surface area contributed by atoms with Crippen LogP contribution >= 0.6 is 0 Å². The molecule has 0 spiro atoms. The zero-order valence-corrected chi connectivity index (χ0v) is 9.57. The third-order valence-electron chi connectivity index (χ3n) is 2.83. The van der Waals surface area contributed by atoms with Crippen molar-refractivity contribution in [2.75, 3.05) is 0 Å². The maximum atomic E-state index is 12.0. The van der Waals surface area contributed by atoms with E-state index in [-0.39, 0.29) is 5.76 Å². The van der Waals surface area contributed by atoms with Gasteiger partial charge in [-0.25, -0.2) is 0 Å². The highest BCUT2D eigenvalue weighted by Gasteiger charge is 2.40. The molecule has 0 bridgehead atoms. The van der Waals surface area contributed by atoms with Gasteiger partial charge in [-0.1, -0.05) is 12.1 Å². The van der Waals surface area contributed by atoms with E-state index in [0.717, 1.165) is 11.1 Å². The highest BCUT2D eigenvalue weighted by atomic mass is 16.3. The molecule has 1 N–H and O–H groups in total. The number of hydrogen-bond donors (Lipinski definition) is 1. The Hall–Kier alpha value is -2.68. The number of fused-ring (bicyclic) bond motifs is 1. The molecule has 2 amide bonds. The van der Waals surface area contributed by atoms with Crippen LogP contribution in [0.25, 0.3) is 4.98 Å². The van der Waals surface area contributed by atoms with Gasteiger partial charge in [0.1, 0.15) is 6.04 Å². The zero-order chi connectivity index (χ0) is 13.3. The standard InChI is InChI=1S/C12H9N3O3/c1-7(10(16)6-14-13)15-11(17)8-4-2-3-5-9(8)12(15)18/h2-7H,1H3/p+1. The third-order valence-corrected chi connectivity index (χ3v) is 2.83. The van der Waals surface area contributed by atoms with Gasteiger partial charge < -0.3 is 5.11 Å². The summed E-state index contributed by atoms with van der Waals surface area (Å²) in [6.45, 7) is 1.47. The van der Waals surface area contributed by atoms with Gasteiger partial charge in [0, 0.05) is 0 Å². The Balaban J connectivity index is 2.41. The van der Waals surface area contributed by atoms with Gasteiger partial charge in [0.05, 0.1) is 11.1 Å². The SMILES string of the molecule is CC(C(O)=C[N+]#N)N1C(=O)c2ccccc2C1=O. The van der Waals surface area contributed by atoms with Gasteiger partial charge >= 0.3 is 6.20 Å². The number of amides is 2. The minimum absolute atomic E-state index is 0.308. The summed E-state index contributed by atoms with van der Waals surface area (Å²) in [5.74, 6) is -1.31. The molecule has 2 rings (SSSR count). The average Bonchev–Trinajstić information content (AvgIpc) is 2.62. The molecule has 1 aromatic rings. The summed E-state index contributed by atoms with van der Waals surface area (Å²) in [6, 6.07) is 5.56. The summed E-state index contributed by atoms with van der Waals surface area (Å²) in [4.78, 5) is 27.7. The van der Waals surface area contributed by atoms with Crippen LogP contribution in [0.5, 0.6) is 0 Å². The smallest absolute Gasteiger partial charge is 0.389 e. The lowest BCUT2D eigenvalue weighted by molar-refractivity contribution is 0.0589. The molecule has 1 heterocycles. The summed E-state index contributed by atoms with van der Waals surface area (Å²) in [7, 11) is 0. The normalized spacial score (nSPS) is 16.4. The molecule has 0 fully saturated rings. The Morgan fingerprint density at radius 3 is 2.28 bits per heavy atom. The van der Waals surface area contributed by atoms with Crippen molar-refractivity contribution in [3.05, 3.63) is 52.3 Å². The first-order valence-corrected chi connectivity index (χ1v) is 5.28. The molecule has 6 heteroatoms. The molecule has 0 saturated carbocycles. The number of hydrogen-bond acceptors (Lipinski definition) is 4. The van der Waals surface area contributed by atoms with Crippen LogP contribution < -0.4 is 0 Å². The fourth-order valence-corrected chi connectivity index (χ4v) is 1.86. The predicted molar refractivity (Wildman–Crippen MR) is 62.2 cm³/mol. The minimum Gasteiger partial charge on any atom is -0.504 e. The van der Waals surface area contributed by atoms with Crippen molar-refractivity contribution in [3.8, 4) is 0 Å². The fourth-order valence-electron chi connectivity index (χ4n) is 1.86. The molecule has 1 atom stereocenters. The number of imide groups is 1. The second-order valence-corrected chi connectivity index (χ2v) is 3.87. The van der Waals surface area contributed by atoms with Gasteiger partial charge in [-0.2, -0.15) is 0 Å². The number of carbonyl (C=O) groups is 2. The largest absolute Gasteiger partial charge is 0.504 e. The fraction of sp³-hybridized carbons (Fsp3) is 0.167. The maximum Gasteiger partial charge on any atom is 0.389 e. The highest BCUT2D eigenvalue weighted by Crippen LogP contribution is 2.26. The maximum absolute atomic E-state index is 12.0. The van der Waals surface area contributed by atoms with E-state index in [1.54, 1.807) is 24.3 Å². The second-order valence-electron chi connectivity index (χ2n) is 3.87. The van der Waals surface area contributed by atoms with E-state index < -0.39 is 17.9 Å². The lowest BCUT2D eigenvalue weighted by Crippen LogP contribution is -2.39. The van der Waals surface area contributed by atoms with Crippen molar-refractivity contribution in [2.24, 2.45) is 0 Å². The third kappa shape index (κ3) is 1.62.